The predicted molar refractivity (Wildman–Crippen MR) is 112 cm³/mol. The van der Waals surface area contributed by atoms with Crippen molar-refractivity contribution in [3.05, 3.63) is 64.4 Å². The van der Waals surface area contributed by atoms with E-state index in [1.165, 1.54) is 0 Å². The number of methoxy groups -OCH3 is 1. The van der Waals surface area contributed by atoms with Crippen molar-refractivity contribution in [2.45, 2.75) is 19.4 Å². The van der Waals surface area contributed by atoms with Gasteiger partial charge in [0.15, 0.2) is 5.82 Å². The lowest BCUT2D eigenvalue weighted by atomic mass is 9.97. The molecule has 0 bridgehead atoms. The van der Waals surface area contributed by atoms with E-state index < -0.39 is 0 Å². The Hall–Kier alpha value is -3.35. The van der Waals surface area contributed by atoms with Crippen LogP contribution in [0.1, 0.15) is 18.4 Å². The van der Waals surface area contributed by atoms with Gasteiger partial charge >= 0.3 is 0 Å². The van der Waals surface area contributed by atoms with E-state index in [2.05, 4.69) is 15.3 Å². The maximum Gasteiger partial charge on any atom is 0.291 e. The van der Waals surface area contributed by atoms with Crippen LogP contribution in [0.15, 0.2) is 53.3 Å². The molecule has 4 rings (SSSR count). The molecule has 1 aromatic heterocycles. The number of nitrogens with one attached hydrogen (secondary N) is 2. The first-order valence-electron chi connectivity index (χ1n) is 9.78. The fraction of sp³-hybridized carbons (Fsp3) is 0.318. The number of fused-ring (bicyclic) bond motifs is 1. The van der Waals surface area contributed by atoms with Gasteiger partial charge in [0, 0.05) is 19.6 Å². The zero-order valence-electron chi connectivity index (χ0n) is 16.4. The molecule has 0 aliphatic carbocycles. The number of amides is 1. The SMILES string of the molecule is COc1ccc(CNC(=O)[C@@H]2CCCN(c3nc4ccccc4[nH]c3=O)C2)cc1. The van der Waals surface area contributed by atoms with Crippen molar-refractivity contribution in [1.82, 2.24) is 15.3 Å². The zero-order chi connectivity index (χ0) is 20.2. The second-order valence-corrected chi connectivity index (χ2v) is 7.26. The zero-order valence-corrected chi connectivity index (χ0v) is 16.4. The number of hydrogen-bond acceptors (Lipinski definition) is 5. The first-order chi connectivity index (χ1) is 14.1. The highest BCUT2D eigenvalue weighted by Gasteiger charge is 2.27. The average Bonchev–Trinajstić information content (AvgIpc) is 2.77. The third-order valence-corrected chi connectivity index (χ3v) is 5.30. The summed E-state index contributed by atoms with van der Waals surface area (Å²) in [6, 6.07) is 15.1. The number of carbonyl (C=O) groups is 1. The van der Waals surface area contributed by atoms with Crippen LogP contribution in [0, 0.1) is 5.92 Å². The van der Waals surface area contributed by atoms with E-state index in [1.807, 2.05) is 53.4 Å². The van der Waals surface area contributed by atoms with Crippen molar-refractivity contribution in [3.63, 3.8) is 0 Å². The van der Waals surface area contributed by atoms with Crippen molar-refractivity contribution in [3.8, 4) is 5.75 Å². The summed E-state index contributed by atoms with van der Waals surface area (Å²) in [5.41, 5.74) is 2.25. The molecule has 7 heteroatoms. The number of benzene rings is 2. The van der Waals surface area contributed by atoms with Crippen LogP contribution in [0.2, 0.25) is 0 Å². The second-order valence-electron chi connectivity index (χ2n) is 7.26. The van der Waals surface area contributed by atoms with Gasteiger partial charge in [-0.05, 0) is 42.7 Å². The first kappa shape index (κ1) is 19.0. The Bertz CT molecular complexity index is 1060. The summed E-state index contributed by atoms with van der Waals surface area (Å²) >= 11 is 0. The molecular formula is C22H24N4O3. The van der Waals surface area contributed by atoms with Gasteiger partial charge in [-0.1, -0.05) is 24.3 Å². The number of hydrogen-bond donors (Lipinski definition) is 2. The van der Waals surface area contributed by atoms with Gasteiger partial charge in [0.2, 0.25) is 5.91 Å². The molecule has 1 atom stereocenters. The highest BCUT2D eigenvalue weighted by Crippen LogP contribution is 2.21. The molecule has 1 aliphatic rings. The predicted octanol–water partition coefficient (Wildman–Crippen LogP) is 2.46. The van der Waals surface area contributed by atoms with Crippen LogP contribution in [0.5, 0.6) is 5.75 Å². The van der Waals surface area contributed by atoms with E-state index in [-0.39, 0.29) is 17.4 Å². The molecule has 0 radical (unpaired) electrons. The molecule has 2 heterocycles. The van der Waals surface area contributed by atoms with Crippen molar-refractivity contribution < 1.29 is 9.53 Å². The van der Waals surface area contributed by atoms with Crippen LogP contribution in [0.3, 0.4) is 0 Å². The van der Waals surface area contributed by atoms with Crippen LogP contribution in [0.4, 0.5) is 5.82 Å². The summed E-state index contributed by atoms with van der Waals surface area (Å²) in [6.45, 7) is 1.67. The quantitative estimate of drug-likeness (QED) is 0.697. The summed E-state index contributed by atoms with van der Waals surface area (Å²) in [5.74, 6) is 1.00. The first-order valence-corrected chi connectivity index (χ1v) is 9.78. The molecule has 2 N–H and O–H groups in total. The summed E-state index contributed by atoms with van der Waals surface area (Å²) in [4.78, 5) is 34.6. The lowest BCUT2D eigenvalue weighted by Gasteiger charge is -2.32. The Morgan fingerprint density at radius 1 is 1.24 bits per heavy atom. The Morgan fingerprint density at radius 2 is 2.03 bits per heavy atom. The van der Waals surface area contributed by atoms with Gasteiger partial charge in [-0.25, -0.2) is 4.98 Å². The van der Waals surface area contributed by atoms with Crippen LogP contribution < -0.4 is 20.5 Å². The van der Waals surface area contributed by atoms with Gasteiger partial charge in [0.1, 0.15) is 5.75 Å². The number of ether oxygens (including phenoxy) is 1. The lowest BCUT2D eigenvalue weighted by molar-refractivity contribution is -0.125. The van der Waals surface area contributed by atoms with E-state index in [9.17, 15) is 9.59 Å². The van der Waals surface area contributed by atoms with Crippen molar-refractivity contribution in [2.24, 2.45) is 5.92 Å². The van der Waals surface area contributed by atoms with E-state index >= 15 is 0 Å². The fourth-order valence-electron chi connectivity index (χ4n) is 3.69. The summed E-state index contributed by atoms with van der Waals surface area (Å²) in [5, 5.41) is 3.01. The number of piperidine rings is 1. The van der Waals surface area contributed by atoms with Crippen LogP contribution in [-0.2, 0) is 11.3 Å². The summed E-state index contributed by atoms with van der Waals surface area (Å²) in [7, 11) is 1.63. The molecule has 1 aliphatic heterocycles. The number of nitrogens with zero attached hydrogens (tertiary/aromatic N) is 2. The molecule has 1 fully saturated rings. The average molecular weight is 392 g/mol. The Labute approximate surface area is 168 Å². The third kappa shape index (κ3) is 4.23. The van der Waals surface area contributed by atoms with E-state index in [0.29, 0.717) is 24.4 Å². The van der Waals surface area contributed by atoms with Gasteiger partial charge in [0.05, 0.1) is 24.1 Å². The summed E-state index contributed by atoms with van der Waals surface area (Å²) in [6.07, 6.45) is 1.64. The number of carbonyl (C=O) groups excluding carboxylic acids is 1. The van der Waals surface area contributed by atoms with Gasteiger partial charge in [-0.2, -0.15) is 0 Å². The number of anilines is 1. The molecule has 3 aromatic rings. The minimum absolute atomic E-state index is 0.00253. The number of H-pyrrole nitrogens is 1. The maximum absolute atomic E-state index is 12.7. The molecule has 7 nitrogen and oxygen atoms in total. The number of aromatic amines is 1. The van der Waals surface area contributed by atoms with E-state index in [1.54, 1.807) is 7.11 Å². The number of rotatable bonds is 5. The monoisotopic (exact) mass is 392 g/mol. The summed E-state index contributed by atoms with van der Waals surface area (Å²) < 4.78 is 5.15. The van der Waals surface area contributed by atoms with Crippen LogP contribution >= 0.6 is 0 Å². The van der Waals surface area contributed by atoms with Gasteiger partial charge in [-0.15, -0.1) is 0 Å². The molecule has 0 saturated carbocycles. The topological polar surface area (TPSA) is 87.3 Å². The van der Waals surface area contributed by atoms with E-state index in [0.717, 1.165) is 36.2 Å². The minimum Gasteiger partial charge on any atom is -0.497 e. The van der Waals surface area contributed by atoms with Crippen LogP contribution in [0.25, 0.3) is 11.0 Å². The maximum atomic E-state index is 12.7. The molecule has 0 unspecified atom stereocenters. The molecular weight excluding hydrogens is 368 g/mol. The number of aromatic nitrogens is 2. The van der Waals surface area contributed by atoms with Crippen molar-refractivity contribution in [2.75, 3.05) is 25.1 Å². The molecule has 1 amide bonds. The minimum atomic E-state index is -0.219. The number of para-hydroxylation sites is 2. The smallest absolute Gasteiger partial charge is 0.291 e. The fourth-order valence-corrected chi connectivity index (χ4v) is 3.69. The van der Waals surface area contributed by atoms with Crippen molar-refractivity contribution in [1.29, 1.82) is 0 Å². The molecule has 150 valence electrons. The normalized spacial score (nSPS) is 16.6. The second kappa shape index (κ2) is 8.34. The highest BCUT2D eigenvalue weighted by atomic mass is 16.5. The molecule has 1 saturated heterocycles. The van der Waals surface area contributed by atoms with Crippen LogP contribution in [-0.4, -0.2) is 36.1 Å². The molecule has 0 spiro atoms. The largest absolute Gasteiger partial charge is 0.497 e. The third-order valence-electron chi connectivity index (χ3n) is 5.30. The van der Waals surface area contributed by atoms with E-state index in [4.69, 9.17) is 4.74 Å². The molecule has 29 heavy (non-hydrogen) atoms. The molecule has 2 aromatic carbocycles. The van der Waals surface area contributed by atoms with Gasteiger partial charge in [-0.3, -0.25) is 9.59 Å². The Balaban J connectivity index is 1.43. The Morgan fingerprint density at radius 3 is 2.83 bits per heavy atom. The standard InChI is InChI=1S/C22H24N4O3/c1-29-17-10-8-15(9-11-17)13-23-21(27)16-5-4-12-26(14-16)20-22(28)25-19-7-3-2-6-18(19)24-20/h2-3,6-11,16H,4-5,12-14H2,1H3,(H,23,27)(H,25,28)/t16-/m1/s1. The highest BCUT2D eigenvalue weighted by molar-refractivity contribution is 5.80. The lowest BCUT2D eigenvalue weighted by Crippen LogP contribution is -2.44. The van der Waals surface area contributed by atoms with Gasteiger partial charge < -0.3 is 19.9 Å². The van der Waals surface area contributed by atoms with Gasteiger partial charge in [0.25, 0.3) is 5.56 Å². The Kier molecular flexibility index (Phi) is 5.46. The van der Waals surface area contributed by atoms with Crippen molar-refractivity contribution >= 4 is 22.8 Å².